The standard InChI is InChI=1S/C16H24FNO/c1-16(2)9-3-4-14(10-16)18-11-15(19)12-5-7-13(17)8-6-12/h5-8,14-15,18-19H,3-4,9-11H2,1-2H3. The molecule has 1 aliphatic rings. The monoisotopic (exact) mass is 265 g/mol. The molecule has 2 rings (SSSR count). The normalized spacial score (nSPS) is 24.1. The molecule has 0 bridgehead atoms. The summed E-state index contributed by atoms with van der Waals surface area (Å²) in [5.74, 6) is -0.266. The molecule has 0 spiro atoms. The number of nitrogens with one attached hydrogen (secondary N) is 1. The summed E-state index contributed by atoms with van der Waals surface area (Å²) in [6.45, 7) is 5.14. The van der Waals surface area contributed by atoms with E-state index in [-0.39, 0.29) is 5.82 Å². The Morgan fingerprint density at radius 3 is 2.68 bits per heavy atom. The van der Waals surface area contributed by atoms with Gasteiger partial charge in [0.2, 0.25) is 0 Å². The van der Waals surface area contributed by atoms with Crippen LogP contribution in [-0.4, -0.2) is 17.7 Å². The molecule has 0 amide bonds. The van der Waals surface area contributed by atoms with E-state index < -0.39 is 6.10 Å². The van der Waals surface area contributed by atoms with Gasteiger partial charge < -0.3 is 10.4 Å². The Hall–Kier alpha value is -0.930. The molecule has 1 saturated carbocycles. The summed E-state index contributed by atoms with van der Waals surface area (Å²) < 4.78 is 12.8. The Balaban J connectivity index is 1.83. The molecule has 2 atom stereocenters. The number of benzene rings is 1. The zero-order valence-electron chi connectivity index (χ0n) is 11.8. The predicted molar refractivity (Wildman–Crippen MR) is 75.4 cm³/mol. The van der Waals surface area contributed by atoms with Crippen LogP contribution in [0.3, 0.4) is 0 Å². The van der Waals surface area contributed by atoms with Gasteiger partial charge in [-0.15, -0.1) is 0 Å². The van der Waals surface area contributed by atoms with Crippen LogP contribution in [0.2, 0.25) is 0 Å². The van der Waals surface area contributed by atoms with Gasteiger partial charge in [0.1, 0.15) is 5.82 Å². The Labute approximate surface area is 115 Å². The third kappa shape index (κ3) is 4.29. The molecule has 1 aromatic carbocycles. The van der Waals surface area contributed by atoms with Gasteiger partial charge in [0.25, 0.3) is 0 Å². The van der Waals surface area contributed by atoms with Gasteiger partial charge in [0.05, 0.1) is 6.10 Å². The van der Waals surface area contributed by atoms with Crippen LogP contribution in [-0.2, 0) is 0 Å². The van der Waals surface area contributed by atoms with Crippen LogP contribution in [0.5, 0.6) is 0 Å². The summed E-state index contributed by atoms with van der Waals surface area (Å²) in [5, 5.41) is 13.5. The van der Waals surface area contributed by atoms with E-state index in [9.17, 15) is 9.50 Å². The van der Waals surface area contributed by atoms with Crippen molar-refractivity contribution in [2.24, 2.45) is 5.41 Å². The Kier molecular flexibility index (Phi) is 4.58. The minimum atomic E-state index is -0.564. The second-order valence-electron chi connectivity index (χ2n) is 6.43. The van der Waals surface area contributed by atoms with Crippen molar-refractivity contribution in [3.8, 4) is 0 Å². The van der Waals surface area contributed by atoms with E-state index in [1.54, 1.807) is 12.1 Å². The highest BCUT2D eigenvalue weighted by Crippen LogP contribution is 2.35. The molecular weight excluding hydrogens is 241 g/mol. The van der Waals surface area contributed by atoms with Gasteiger partial charge in [-0.3, -0.25) is 0 Å². The summed E-state index contributed by atoms with van der Waals surface area (Å²) in [6, 6.07) is 6.56. The van der Waals surface area contributed by atoms with Gasteiger partial charge in [0.15, 0.2) is 0 Å². The molecule has 1 fully saturated rings. The number of hydrogen-bond donors (Lipinski definition) is 2. The van der Waals surface area contributed by atoms with Gasteiger partial charge in [-0.05, 0) is 42.4 Å². The topological polar surface area (TPSA) is 32.3 Å². The van der Waals surface area contributed by atoms with Gasteiger partial charge in [0, 0.05) is 12.6 Å². The average Bonchev–Trinajstić information content (AvgIpc) is 2.36. The van der Waals surface area contributed by atoms with E-state index in [1.165, 1.54) is 31.4 Å². The fraction of sp³-hybridized carbons (Fsp3) is 0.625. The summed E-state index contributed by atoms with van der Waals surface area (Å²) in [6.07, 6.45) is 4.30. The molecule has 2 unspecified atom stereocenters. The number of aliphatic hydroxyl groups excluding tert-OH is 1. The zero-order chi connectivity index (χ0) is 13.9. The lowest BCUT2D eigenvalue weighted by molar-refractivity contribution is 0.147. The average molecular weight is 265 g/mol. The first-order valence-corrected chi connectivity index (χ1v) is 7.13. The quantitative estimate of drug-likeness (QED) is 0.874. The van der Waals surface area contributed by atoms with Crippen molar-refractivity contribution in [3.63, 3.8) is 0 Å². The predicted octanol–water partition coefficient (Wildman–Crippen LogP) is 3.42. The van der Waals surface area contributed by atoms with E-state index in [2.05, 4.69) is 19.2 Å². The molecule has 2 nitrogen and oxygen atoms in total. The Bertz CT molecular complexity index is 402. The maximum absolute atomic E-state index is 12.8. The third-order valence-electron chi connectivity index (χ3n) is 4.06. The van der Waals surface area contributed by atoms with Gasteiger partial charge in [-0.1, -0.05) is 32.4 Å². The third-order valence-corrected chi connectivity index (χ3v) is 4.06. The first-order valence-electron chi connectivity index (χ1n) is 7.13. The van der Waals surface area contributed by atoms with Crippen molar-refractivity contribution in [1.82, 2.24) is 5.32 Å². The van der Waals surface area contributed by atoms with E-state index in [0.717, 1.165) is 12.0 Å². The lowest BCUT2D eigenvalue weighted by Gasteiger charge is -2.36. The fourth-order valence-electron chi connectivity index (χ4n) is 2.95. The molecule has 2 N–H and O–H groups in total. The Morgan fingerprint density at radius 2 is 2.05 bits per heavy atom. The Morgan fingerprint density at radius 1 is 1.37 bits per heavy atom. The highest BCUT2D eigenvalue weighted by Gasteiger charge is 2.27. The zero-order valence-corrected chi connectivity index (χ0v) is 11.8. The van der Waals surface area contributed by atoms with E-state index in [1.807, 2.05) is 0 Å². The smallest absolute Gasteiger partial charge is 0.123 e. The molecule has 3 heteroatoms. The van der Waals surface area contributed by atoms with Crippen molar-refractivity contribution in [1.29, 1.82) is 0 Å². The second-order valence-corrected chi connectivity index (χ2v) is 6.43. The van der Waals surface area contributed by atoms with Gasteiger partial charge in [-0.2, -0.15) is 0 Å². The SMILES string of the molecule is CC1(C)CCCC(NCC(O)c2ccc(F)cc2)C1. The number of rotatable bonds is 4. The van der Waals surface area contributed by atoms with Crippen LogP contribution in [0.15, 0.2) is 24.3 Å². The van der Waals surface area contributed by atoms with Gasteiger partial charge in [-0.25, -0.2) is 4.39 Å². The molecule has 0 saturated heterocycles. The number of aliphatic hydroxyl groups is 1. The molecule has 1 aliphatic carbocycles. The van der Waals surface area contributed by atoms with Crippen LogP contribution < -0.4 is 5.32 Å². The van der Waals surface area contributed by atoms with E-state index in [4.69, 9.17) is 0 Å². The summed E-state index contributed by atoms with van der Waals surface area (Å²) >= 11 is 0. The van der Waals surface area contributed by atoms with Crippen LogP contribution in [0.1, 0.15) is 51.2 Å². The van der Waals surface area contributed by atoms with E-state index in [0.29, 0.717) is 18.0 Å². The minimum Gasteiger partial charge on any atom is -0.387 e. The van der Waals surface area contributed by atoms with Crippen molar-refractivity contribution in [3.05, 3.63) is 35.6 Å². The van der Waals surface area contributed by atoms with Crippen molar-refractivity contribution in [2.45, 2.75) is 51.7 Å². The summed E-state index contributed by atoms with van der Waals surface area (Å²) in [4.78, 5) is 0. The second kappa shape index (κ2) is 6.02. The van der Waals surface area contributed by atoms with Crippen molar-refractivity contribution < 1.29 is 9.50 Å². The lowest BCUT2D eigenvalue weighted by atomic mass is 9.75. The first-order chi connectivity index (χ1) is 8.96. The van der Waals surface area contributed by atoms with E-state index >= 15 is 0 Å². The molecule has 0 heterocycles. The van der Waals surface area contributed by atoms with Crippen LogP contribution in [0, 0.1) is 11.2 Å². The summed E-state index contributed by atoms with van der Waals surface area (Å²) in [5.41, 5.74) is 1.17. The van der Waals surface area contributed by atoms with Gasteiger partial charge >= 0.3 is 0 Å². The molecule has 0 aromatic heterocycles. The highest BCUT2D eigenvalue weighted by molar-refractivity contribution is 5.18. The highest BCUT2D eigenvalue weighted by atomic mass is 19.1. The van der Waals surface area contributed by atoms with Crippen LogP contribution >= 0.6 is 0 Å². The van der Waals surface area contributed by atoms with Crippen LogP contribution in [0.25, 0.3) is 0 Å². The molecule has 0 aliphatic heterocycles. The van der Waals surface area contributed by atoms with Crippen molar-refractivity contribution >= 4 is 0 Å². The van der Waals surface area contributed by atoms with Crippen LogP contribution in [0.4, 0.5) is 4.39 Å². The largest absolute Gasteiger partial charge is 0.387 e. The molecule has 1 aromatic rings. The molecule has 19 heavy (non-hydrogen) atoms. The lowest BCUT2D eigenvalue weighted by Crippen LogP contribution is -2.39. The maximum Gasteiger partial charge on any atom is 0.123 e. The number of halogens is 1. The summed E-state index contributed by atoms with van der Waals surface area (Å²) in [7, 11) is 0. The first kappa shape index (κ1) is 14.5. The minimum absolute atomic E-state index is 0.266. The molecular formula is C16H24FNO. The molecule has 0 radical (unpaired) electrons. The van der Waals surface area contributed by atoms with Crippen molar-refractivity contribution in [2.75, 3.05) is 6.54 Å². The molecule has 106 valence electrons. The maximum atomic E-state index is 12.8. The fourth-order valence-corrected chi connectivity index (χ4v) is 2.95. The number of hydrogen-bond acceptors (Lipinski definition) is 2.